The number of benzene rings is 2. The average Bonchev–Trinajstić information content (AvgIpc) is 3.02. The normalized spacial score (nSPS) is 16.3. The molecule has 1 aliphatic heterocycles. The average molecular weight is 555 g/mol. The Labute approximate surface area is 214 Å². The van der Waals surface area contributed by atoms with Crippen LogP contribution in [-0.2, 0) is 21.4 Å². The van der Waals surface area contributed by atoms with Gasteiger partial charge in [-0.25, -0.2) is 23.1 Å². The molecule has 0 aliphatic carbocycles. The van der Waals surface area contributed by atoms with Gasteiger partial charge in [0.05, 0.1) is 10.6 Å². The van der Waals surface area contributed by atoms with Crippen molar-refractivity contribution < 1.29 is 35.9 Å². The van der Waals surface area contributed by atoms with Gasteiger partial charge in [-0.05, 0) is 73.2 Å². The Morgan fingerprint density at radius 3 is 2.32 bits per heavy atom. The summed E-state index contributed by atoms with van der Waals surface area (Å²) in [6.07, 6.45) is -3.53. The van der Waals surface area contributed by atoms with Crippen LogP contribution in [0.1, 0.15) is 12.5 Å². The van der Waals surface area contributed by atoms with Crippen LogP contribution in [0.25, 0.3) is 0 Å². The van der Waals surface area contributed by atoms with Gasteiger partial charge in [-0.2, -0.15) is 0 Å². The van der Waals surface area contributed by atoms with Crippen LogP contribution < -0.4 is 14.4 Å². The second-order valence-electron chi connectivity index (χ2n) is 7.91. The number of urea groups is 1. The molecule has 2 heterocycles. The van der Waals surface area contributed by atoms with Crippen LogP contribution >= 0.6 is 11.6 Å². The van der Waals surface area contributed by atoms with Gasteiger partial charge in [-0.3, -0.25) is 9.52 Å². The number of pyridine rings is 1. The maximum absolute atomic E-state index is 13.1. The van der Waals surface area contributed by atoms with Crippen molar-refractivity contribution in [1.29, 1.82) is 0 Å². The predicted molar refractivity (Wildman–Crippen MR) is 128 cm³/mol. The molecule has 0 radical (unpaired) electrons. The molecule has 1 N–H and O–H groups in total. The maximum Gasteiger partial charge on any atom is 0.573 e. The van der Waals surface area contributed by atoms with Gasteiger partial charge in [-0.1, -0.05) is 11.6 Å². The highest BCUT2D eigenvalue weighted by molar-refractivity contribution is 7.92. The van der Waals surface area contributed by atoms with E-state index in [2.05, 4.69) is 14.4 Å². The molecule has 1 aromatic heterocycles. The van der Waals surface area contributed by atoms with Crippen molar-refractivity contribution in [3.05, 3.63) is 77.4 Å². The smallest absolute Gasteiger partial charge is 0.406 e. The second-order valence-corrected chi connectivity index (χ2v) is 10.0. The summed E-state index contributed by atoms with van der Waals surface area (Å²) in [6.45, 7) is 1.45. The first kappa shape index (κ1) is 26.2. The lowest BCUT2D eigenvalue weighted by Gasteiger charge is -2.20. The maximum atomic E-state index is 13.1. The number of nitrogens with zero attached hydrogens (tertiary/aromatic N) is 3. The Kier molecular flexibility index (Phi) is 7.02. The van der Waals surface area contributed by atoms with Gasteiger partial charge in [0, 0.05) is 17.8 Å². The number of hydrogen-bond acceptors (Lipinski definition) is 6. The van der Waals surface area contributed by atoms with Crippen molar-refractivity contribution in [2.24, 2.45) is 0 Å². The summed E-state index contributed by atoms with van der Waals surface area (Å²) in [5.41, 5.74) is 0.553. The third-order valence-electron chi connectivity index (χ3n) is 5.35. The molecule has 0 spiro atoms. The number of nitrogens with one attached hydrogen (secondary N) is 1. The highest BCUT2D eigenvalue weighted by Crippen LogP contribution is 2.30. The van der Waals surface area contributed by atoms with Crippen molar-refractivity contribution >= 4 is 45.1 Å². The van der Waals surface area contributed by atoms with Crippen molar-refractivity contribution in [3.8, 4) is 5.75 Å². The third-order valence-corrected chi connectivity index (χ3v) is 6.97. The number of hydrogen-bond donors (Lipinski definition) is 1. The predicted octanol–water partition coefficient (Wildman–Crippen LogP) is 4.79. The minimum absolute atomic E-state index is 0.00446. The van der Waals surface area contributed by atoms with E-state index in [0.29, 0.717) is 10.6 Å². The third kappa shape index (κ3) is 5.94. The van der Waals surface area contributed by atoms with E-state index in [1.54, 1.807) is 6.07 Å². The minimum Gasteiger partial charge on any atom is -0.406 e. The van der Waals surface area contributed by atoms with Gasteiger partial charge in [0.15, 0.2) is 0 Å². The van der Waals surface area contributed by atoms with Crippen LogP contribution in [-0.4, -0.2) is 42.6 Å². The zero-order valence-electron chi connectivity index (χ0n) is 18.9. The van der Waals surface area contributed by atoms with Crippen LogP contribution in [0.4, 0.5) is 29.5 Å². The van der Waals surface area contributed by atoms with Crippen molar-refractivity contribution in [3.63, 3.8) is 0 Å². The summed E-state index contributed by atoms with van der Waals surface area (Å²) < 4.78 is 68.6. The standard InChI is InChI=1S/C23H18ClF3N4O5S/c1-14-21(32)31(17-4-6-18(7-5-17)36-23(25,26)27)22(33)30(14)13-15-10-11-28-20(12-15)29-37(34,35)19-8-2-16(24)3-9-19/h2-12,14H,13H2,1H3,(H,28,29). The molecule has 0 saturated carbocycles. The lowest BCUT2D eigenvalue weighted by atomic mass is 10.2. The van der Waals surface area contributed by atoms with E-state index >= 15 is 0 Å². The van der Waals surface area contributed by atoms with E-state index in [-0.39, 0.29) is 22.9 Å². The van der Waals surface area contributed by atoms with Crippen molar-refractivity contribution in [2.45, 2.75) is 30.8 Å². The second kappa shape index (κ2) is 9.90. The molecule has 1 atom stereocenters. The Balaban J connectivity index is 1.50. The number of rotatable bonds is 7. The number of imide groups is 1. The number of amides is 3. The van der Waals surface area contributed by atoms with E-state index in [0.717, 1.165) is 17.0 Å². The number of alkyl halides is 3. The number of halogens is 4. The largest absolute Gasteiger partial charge is 0.573 e. The fourth-order valence-electron chi connectivity index (χ4n) is 3.58. The van der Waals surface area contributed by atoms with Crippen LogP contribution in [0.5, 0.6) is 5.75 Å². The molecular weight excluding hydrogens is 537 g/mol. The molecule has 3 aromatic rings. The van der Waals surface area contributed by atoms with Gasteiger partial charge >= 0.3 is 12.4 Å². The topological polar surface area (TPSA) is 109 Å². The van der Waals surface area contributed by atoms with Crippen LogP contribution in [0.15, 0.2) is 71.8 Å². The molecule has 37 heavy (non-hydrogen) atoms. The van der Waals surface area contributed by atoms with Crippen LogP contribution in [0.3, 0.4) is 0 Å². The molecule has 2 aromatic carbocycles. The summed E-state index contributed by atoms with van der Waals surface area (Å²) in [6, 6.07) is 11.3. The summed E-state index contributed by atoms with van der Waals surface area (Å²) >= 11 is 5.80. The Hall–Kier alpha value is -3.84. The van der Waals surface area contributed by atoms with Gasteiger partial charge in [0.2, 0.25) is 0 Å². The van der Waals surface area contributed by atoms with E-state index in [9.17, 15) is 31.2 Å². The summed E-state index contributed by atoms with van der Waals surface area (Å²) in [5.74, 6) is -1.08. The van der Waals surface area contributed by atoms with Gasteiger partial charge in [0.1, 0.15) is 17.6 Å². The first-order valence-electron chi connectivity index (χ1n) is 10.6. The van der Waals surface area contributed by atoms with E-state index in [4.69, 9.17) is 11.6 Å². The fourth-order valence-corrected chi connectivity index (χ4v) is 4.71. The molecule has 0 bridgehead atoms. The molecule has 1 aliphatic rings. The van der Waals surface area contributed by atoms with Gasteiger partial charge < -0.3 is 9.64 Å². The van der Waals surface area contributed by atoms with Crippen LogP contribution in [0, 0.1) is 0 Å². The number of sulfonamides is 1. The molecule has 9 nitrogen and oxygen atoms in total. The number of aromatic nitrogens is 1. The molecule has 4 rings (SSSR count). The van der Waals surface area contributed by atoms with Crippen molar-refractivity contribution in [1.82, 2.24) is 9.88 Å². The number of ether oxygens (including phenoxy) is 1. The lowest BCUT2D eigenvalue weighted by molar-refractivity contribution is -0.274. The Bertz CT molecular complexity index is 1430. The molecule has 194 valence electrons. The minimum atomic E-state index is -4.88. The van der Waals surface area contributed by atoms with Crippen LogP contribution in [0.2, 0.25) is 5.02 Å². The zero-order chi connectivity index (χ0) is 27.0. The molecule has 14 heteroatoms. The first-order chi connectivity index (χ1) is 17.3. The van der Waals surface area contributed by atoms with Crippen molar-refractivity contribution in [2.75, 3.05) is 9.62 Å². The number of carbonyl (C=O) groups excluding carboxylic acids is 2. The summed E-state index contributed by atoms with van der Waals surface area (Å²) in [5, 5.41) is 0.373. The monoisotopic (exact) mass is 554 g/mol. The Morgan fingerprint density at radius 2 is 1.70 bits per heavy atom. The SMILES string of the molecule is CC1C(=O)N(c2ccc(OC(F)(F)F)cc2)C(=O)N1Cc1ccnc(NS(=O)(=O)c2ccc(Cl)cc2)c1. The van der Waals surface area contributed by atoms with E-state index in [1.807, 2.05) is 0 Å². The van der Waals surface area contributed by atoms with Gasteiger partial charge in [-0.15, -0.1) is 13.2 Å². The lowest BCUT2D eigenvalue weighted by Crippen LogP contribution is -2.33. The molecule has 1 saturated heterocycles. The molecule has 1 unspecified atom stereocenters. The molecule has 1 fully saturated rings. The highest BCUT2D eigenvalue weighted by atomic mass is 35.5. The molecule has 3 amide bonds. The quantitative estimate of drug-likeness (QED) is 0.421. The molecular formula is C23H18ClF3N4O5S. The number of carbonyl (C=O) groups is 2. The Morgan fingerprint density at radius 1 is 1.05 bits per heavy atom. The highest BCUT2D eigenvalue weighted by Gasteiger charge is 2.43. The first-order valence-corrected chi connectivity index (χ1v) is 12.4. The van der Waals surface area contributed by atoms with E-state index in [1.165, 1.54) is 60.5 Å². The number of anilines is 2. The fraction of sp³-hybridized carbons (Fsp3) is 0.174. The van der Waals surface area contributed by atoms with E-state index < -0.39 is 40.1 Å². The summed E-state index contributed by atoms with van der Waals surface area (Å²) in [4.78, 5) is 31.9. The van der Waals surface area contributed by atoms with Gasteiger partial charge in [0.25, 0.3) is 15.9 Å². The summed E-state index contributed by atoms with van der Waals surface area (Å²) in [7, 11) is -3.96. The zero-order valence-corrected chi connectivity index (χ0v) is 20.5.